The molecule has 56 heavy (non-hydrogen) atoms. The minimum absolute atomic E-state index is 0.642. The highest BCUT2D eigenvalue weighted by atomic mass is 32.1. The molecule has 260 valence electrons. The topological polar surface area (TPSA) is 41.9 Å². The largest absolute Gasteiger partial charge is 0.308 e. The van der Waals surface area contributed by atoms with Crippen LogP contribution in [0.1, 0.15) is 0 Å². The predicted octanol–water partition coefficient (Wildman–Crippen LogP) is 14.2. The van der Waals surface area contributed by atoms with Crippen LogP contribution < -0.4 is 4.90 Å². The summed E-state index contributed by atoms with van der Waals surface area (Å²) in [4.78, 5) is 18.1. The van der Waals surface area contributed by atoms with Gasteiger partial charge in [-0.3, -0.25) is 0 Å². The van der Waals surface area contributed by atoms with Crippen molar-refractivity contribution in [3.63, 3.8) is 0 Å². The summed E-state index contributed by atoms with van der Waals surface area (Å²) in [7, 11) is 0. The zero-order chi connectivity index (χ0) is 36.7. The Morgan fingerprint density at radius 1 is 0.357 bits per heavy atom. The minimum atomic E-state index is 0.642. The molecule has 0 spiro atoms. The van der Waals surface area contributed by atoms with Gasteiger partial charge in [0, 0.05) is 58.6 Å². The zero-order valence-corrected chi connectivity index (χ0v) is 30.8. The highest BCUT2D eigenvalue weighted by Gasteiger charge is 2.29. The first-order valence-electron chi connectivity index (χ1n) is 18.9. The molecule has 0 unspecified atom stereocenters. The van der Waals surface area contributed by atoms with E-state index in [1.165, 1.54) is 64.2 Å². The normalized spacial score (nSPS) is 12.2. The monoisotopic (exact) mass is 730 g/mol. The molecule has 12 rings (SSSR count). The van der Waals surface area contributed by atoms with Gasteiger partial charge in [0.1, 0.15) is 0 Å². The molecule has 0 saturated heterocycles. The number of rotatable bonds is 4. The fraction of sp³-hybridized carbons (Fsp3) is 0. The van der Waals surface area contributed by atoms with Crippen molar-refractivity contribution in [1.29, 1.82) is 0 Å². The number of thiophene rings is 1. The summed E-state index contributed by atoms with van der Waals surface area (Å²) in [5, 5.41) is 9.58. The number of fused-ring (bicyclic) bond motifs is 8. The van der Waals surface area contributed by atoms with E-state index in [2.05, 4.69) is 169 Å². The number of aromatic nitrogens is 3. The van der Waals surface area contributed by atoms with Crippen LogP contribution in [0.25, 0.3) is 97.8 Å². The molecule has 0 atom stereocenters. The van der Waals surface area contributed by atoms with E-state index in [0.29, 0.717) is 17.5 Å². The van der Waals surface area contributed by atoms with E-state index < -0.39 is 0 Å². The lowest BCUT2D eigenvalue weighted by Gasteiger charge is -2.35. The van der Waals surface area contributed by atoms with Gasteiger partial charge in [-0.15, -0.1) is 11.3 Å². The van der Waals surface area contributed by atoms with Crippen molar-refractivity contribution >= 4 is 80.9 Å². The summed E-state index contributed by atoms with van der Waals surface area (Å²) in [6.07, 6.45) is 0. The van der Waals surface area contributed by atoms with Gasteiger partial charge in [-0.25, -0.2) is 15.0 Å². The van der Waals surface area contributed by atoms with E-state index in [1.807, 2.05) is 29.5 Å². The SMILES string of the molecule is c1ccc(-c2nc(-c3ccc4sc5ccccc5c4c3)nc(-c3ccc(N4c5c(ccc6ccccc56)-c5cccc6cccc4c56)c4ccccc34)n2)cc1. The van der Waals surface area contributed by atoms with E-state index in [-0.39, 0.29) is 0 Å². The summed E-state index contributed by atoms with van der Waals surface area (Å²) >= 11 is 1.81. The molecule has 4 nitrogen and oxygen atoms in total. The summed E-state index contributed by atoms with van der Waals surface area (Å²) in [5.74, 6) is 1.94. The summed E-state index contributed by atoms with van der Waals surface area (Å²) < 4.78 is 2.52. The Morgan fingerprint density at radius 3 is 1.89 bits per heavy atom. The van der Waals surface area contributed by atoms with E-state index in [0.717, 1.165) is 33.2 Å². The van der Waals surface area contributed by atoms with Crippen LogP contribution in [0.2, 0.25) is 0 Å². The molecule has 1 aliphatic rings. The molecule has 0 saturated carbocycles. The van der Waals surface area contributed by atoms with Crippen molar-refractivity contribution in [3.05, 3.63) is 182 Å². The molecule has 3 heterocycles. The second-order valence-corrected chi connectivity index (χ2v) is 15.4. The molecule has 9 aromatic carbocycles. The lowest BCUT2D eigenvalue weighted by molar-refractivity contribution is 1.08. The van der Waals surface area contributed by atoms with Crippen LogP contribution in [-0.2, 0) is 0 Å². The standard InChI is InChI=1S/C51H30N4S/c1-2-13-33(14-3-1)49-52-50(34-25-29-46-42(30-34)38-20-8-9-23-45(38)56-46)54-51(53-49)41-27-28-43(37-19-7-6-18-36(37)41)55-44-22-11-16-32-15-10-21-39(47(32)44)40-26-24-31-12-4-5-17-35(31)48(40)55/h1-30H. The Bertz CT molecular complexity index is 3380. The summed E-state index contributed by atoms with van der Waals surface area (Å²) in [6.45, 7) is 0. The van der Waals surface area contributed by atoms with E-state index in [1.54, 1.807) is 0 Å². The van der Waals surface area contributed by atoms with Crippen molar-refractivity contribution in [1.82, 2.24) is 15.0 Å². The third-order valence-corrected chi connectivity index (χ3v) is 12.4. The second-order valence-electron chi connectivity index (χ2n) is 14.4. The van der Waals surface area contributed by atoms with Crippen molar-refractivity contribution in [2.75, 3.05) is 4.90 Å². The van der Waals surface area contributed by atoms with Gasteiger partial charge in [-0.2, -0.15) is 0 Å². The Hall–Kier alpha value is -7.21. The number of hydrogen-bond donors (Lipinski definition) is 0. The van der Waals surface area contributed by atoms with Gasteiger partial charge >= 0.3 is 0 Å². The van der Waals surface area contributed by atoms with E-state index in [4.69, 9.17) is 15.0 Å². The number of nitrogens with zero attached hydrogens (tertiary/aromatic N) is 4. The van der Waals surface area contributed by atoms with Crippen LogP contribution in [0, 0.1) is 0 Å². The van der Waals surface area contributed by atoms with Gasteiger partial charge in [0.25, 0.3) is 0 Å². The third kappa shape index (κ3) is 4.68. The van der Waals surface area contributed by atoms with Crippen LogP contribution in [0.4, 0.5) is 17.1 Å². The third-order valence-electron chi connectivity index (χ3n) is 11.2. The second kappa shape index (κ2) is 12.2. The Labute approximate surface area is 326 Å². The molecule has 5 heteroatoms. The fourth-order valence-corrected chi connectivity index (χ4v) is 9.78. The molecular formula is C51H30N4S. The van der Waals surface area contributed by atoms with Gasteiger partial charge in [0.15, 0.2) is 17.5 Å². The van der Waals surface area contributed by atoms with Crippen molar-refractivity contribution in [2.24, 2.45) is 0 Å². The van der Waals surface area contributed by atoms with Crippen molar-refractivity contribution in [3.8, 4) is 45.3 Å². The molecule has 0 amide bonds. The number of benzene rings is 9. The average Bonchev–Trinajstić information content (AvgIpc) is 3.64. The van der Waals surface area contributed by atoms with Gasteiger partial charge in [0.2, 0.25) is 0 Å². The number of hydrogen-bond acceptors (Lipinski definition) is 5. The van der Waals surface area contributed by atoms with Gasteiger partial charge < -0.3 is 4.90 Å². The highest BCUT2D eigenvalue weighted by molar-refractivity contribution is 7.25. The van der Waals surface area contributed by atoms with Gasteiger partial charge in [0.05, 0.1) is 17.1 Å². The maximum Gasteiger partial charge on any atom is 0.164 e. The maximum atomic E-state index is 5.27. The first kappa shape index (κ1) is 31.2. The van der Waals surface area contributed by atoms with Crippen LogP contribution in [0.5, 0.6) is 0 Å². The van der Waals surface area contributed by atoms with Crippen LogP contribution in [0.15, 0.2) is 182 Å². The van der Waals surface area contributed by atoms with E-state index in [9.17, 15) is 0 Å². The van der Waals surface area contributed by atoms with Crippen LogP contribution >= 0.6 is 11.3 Å². The average molecular weight is 731 g/mol. The van der Waals surface area contributed by atoms with Crippen LogP contribution in [0.3, 0.4) is 0 Å². The lowest BCUT2D eigenvalue weighted by atomic mass is 9.88. The quantitative estimate of drug-likeness (QED) is 0.181. The van der Waals surface area contributed by atoms with Crippen molar-refractivity contribution in [2.45, 2.75) is 0 Å². The first-order chi connectivity index (χ1) is 27.8. The Balaban J connectivity index is 1.10. The summed E-state index contributed by atoms with van der Waals surface area (Å²) in [6, 6.07) is 65.1. The maximum absolute atomic E-state index is 5.27. The van der Waals surface area contributed by atoms with Crippen molar-refractivity contribution < 1.29 is 0 Å². The molecule has 0 bridgehead atoms. The fourth-order valence-electron chi connectivity index (χ4n) is 8.70. The minimum Gasteiger partial charge on any atom is -0.308 e. The Kier molecular flexibility index (Phi) is 6.76. The highest BCUT2D eigenvalue weighted by Crippen LogP contribution is 2.54. The molecule has 1 aliphatic heterocycles. The van der Waals surface area contributed by atoms with Crippen LogP contribution in [-0.4, -0.2) is 15.0 Å². The molecule has 11 aromatic rings. The number of anilines is 3. The summed E-state index contributed by atoms with van der Waals surface area (Å²) in [5.41, 5.74) is 8.83. The molecule has 2 aromatic heterocycles. The van der Waals surface area contributed by atoms with Gasteiger partial charge in [-0.05, 0) is 64.2 Å². The molecule has 0 N–H and O–H groups in total. The zero-order valence-electron chi connectivity index (χ0n) is 30.0. The first-order valence-corrected chi connectivity index (χ1v) is 19.7. The lowest BCUT2D eigenvalue weighted by Crippen LogP contribution is -2.16. The molecular weight excluding hydrogens is 701 g/mol. The molecule has 0 fully saturated rings. The Morgan fingerprint density at radius 2 is 1.02 bits per heavy atom. The van der Waals surface area contributed by atoms with E-state index >= 15 is 0 Å². The smallest absolute Gasteiger partial charge is 0.164 e. The molecule has 0 aliphatic carbocycles. The van der Waals surface area contributed by atoms with Gasteiger partial charge in [-0.1, -0.05) is 140 Å². The predicted molar refractivity (Wildman–Crippen MR) is 235 cm³/mol. The molecule has 0 radical (unpaired) electrons.